The number of piperidine rings is 1. The molecule has 0 spiro atoms. The number of aliphatic imine (C=N–C) groups is 1. The van der Waals surface area contributed by atoms with Gasteiger partial charge < -0.3 is 11.1 Å². The van der Waals surface area contributed by atoms with Gasteiger partial charge in [-0.2, -0.15) is 0 Å². The van der Waals surface area contributed by atoms with Gasteiger partial charge in [0.2, 0.25) is 0 Å². The smallest absolute Gasteiger partial charge is 0.188 e. The number of hydrogen-bond donors (Lipinski definition) is 2. The molecule has 0 aliphatic carbocycles. The molecule has 1 aliphatic rings. The van der Waals surface area contributed by atoms with Crippen molar-refractivity contribution in [2.75, 3.05) is 26.2 Å². The van der Waals surface area contributed by atoms with Crippen molar-refractivity contribution in [1.29, 1.82) is 0 Å². The maximum absolute atomic E-state index is 6.09. The van der Waals surface area contributed by atoms with Gasteiger partial charge in [0.15, 0.2) is 5.96 Å². The van der Waals surface area contributed by atoms with E-state index in [9.17, 15) is 0 Å². The van der Waals surface area contributed by atoms with Crippen LogP contribution in [0.1, 0.15) is 36.4 Å². The van der Waals surface area contributed by atoms with Crippen molar-refractivity contribution in [1.82, 2.24) is 15.2 Å². The molecule has 1 atom stereocenters. The number of nitrogens with two attached hydrogens (primary N) is 1. The van der Waals surface area contributed by atoms with E-state index in [4.69, 9.17) is 5.73 Å². The number of rotatable bonds is 7. The second-order valence-corrected chi connectivity index (χ2v) is 7.95. The zero-order valence-corrected chi connectivity index (χ0v) is 16.3. The van der Waals surface area contributed by atoms with Crippen LogP contribution in [-0.2, 0) is 6.42 Å². The third-order valence-corrected chi connectivity index (χ3v) is 5.95. The summed E-state index contributed by atoms with van der Waals surface area (Å²) in [6, 6.07) is 10.6. The summed E-state index contributed by atoms with van der Waals surface area (Å²) in [4.78, 5) is 12.9. The number of pyridine rings is 1. The number of likely N-dealkylation sites (tertiary alicyclic amines) is 1. The van der Waals surface area contributed by atoms with E-state index in [-0.39, 0.29) is 0 Å². The summed E-state index contributed by atoms with van der Waals surface area (Å²) in [5.74, 6) is 1.35. The average Bonchev–Trinajstić information content (AvgIpc) is 3.19. The molecule has 1 unspecified atom stereocenters. The fourth-order valence-corrected chi connectivity index (χ4v) is 4.16. The van der Waals surface area contributed by atoms with Crippen LogP contribution < -0.4 is 11.1 Å². The van der Waals surface area contributed by atoms with Gasteiger partial charge in [0.05, 0.1) is 12.6 Å². The van der Waals surface area contributed by atoms with Crippen LogP contribution in [-0.4, -0.2) is 42.0 Å². The molecule has 1 aliphatic heterocycles. The minimum atomic E-state index is 0.332. The molecule has 1 fully saturated rings. The summed E-state index contributed by atoms with van der Waals surface area (Å²) in [5.41, 5.74) is 7.16. The number of nitrogens with one attached hydrogen (secondary N) is 1. The Bertz CT molecular complexity index is 663. The van der Waals surface area contributed by atoms with E-state index in [0.29, 0.717) is 18.5 Å². The number of thiophene rings is 1. The van der Waals surface area contributed by atoms with E-state index in [1.54, 1.807) is 0 Å². The fourth-order valence-electron chi connectivity index (χ4n) is 3.31. The zero-order chi connectivity index (χ0) is 18.2. The van der Waals surface area contributed by atoms with E-state index in [1.165, 1.54) is 17.7 Å². The van der Waals surface area contributed by atoms with Crippen LogP contribution in [0.4, 0.5) is 0 Å². The van der Waals surface area contributed by atoms with Gasteiger partial charge in [-0.1, -0.05) is 19.1 Å². The molecule has 3 N–H and O–H groups in total. The van der Waals surface area contributed by atoms with E-state index in [0.717, 1.165) is 37.7 Å². The topological polar surface area (TPSA) is 66.5 Å². The van der Waals surface area contributed by atoms with Crippen molar-refractivity contribution in [3.05, 3.63) is 52.5 Å². The van der Waals surface area contributed by atoms with Gasteiger partial charge in [-0.05, 0) is 55.4 Å². The molecule has 2 aromatic rings. The summed E-state index contributed by atoms with van der Waals surface area (Å²) >= 11 is 1.81. The Morgan fingerprint density at radius 2 is 2.19 bits per heavy atom. The van der Waals surface area contributed by atoms with Crippen LogP contribution in [0.15, 0.2) is 46.9 Å². The van der Waals surface area contributed by atoms with Crippen LogP contribution in [0.25, 0.3) is 0 Å². The highest BCUT2D eigenvalue weighted by Gasteiger charge is 2.25. The van der Waals surface area contributed by atoms with E-state index >= 15 is 0 Å². The molecule has 5 nitrogen and oxygen atoms in total. The third-order valence-electron chi connectivity index (χ3n) is 4.98. The van der Waals surface area contributed by atoms with Gasteiger partial charge in [-0.15, -0.1) is 11.3 Å². The van der Waals surface area contributed by atoms with Crippen molar-refractivity contribution >= 4 is 17.3 Å². The summed E-state index contributed by atoms with van der Waals surface area (Å²) in [5, 5.41) is 5.36. The number of nitrogens with zero attached hydrogens (tertiary/aromatic N) is 3. The molecule has 0 radical (unpaired) electrons. The predicted octanol–water partition coefficient (Wildman–Crippen LogP) is 3.06. The lowest BCUT2D eigenvalue weighted by atomic mass is 9.97. The van der Waals surface area contributed by atoms with Crippen LogP contribution in [0.2, 0.25) is 0 Å². The highest BCUT2D eigenvalue weighted by Crippen LogP contribution is 2.29. The Balaban J connectivity index is 1.53. The first-order chi connectivity index (χ1) is 12.7. The monoisotopic (exact) mass is 371 g/mol. The highest BCUT2D eigenvalue weighted by molar-refractivity contribution is 7.10. The van der Waals surface area contributed by atoms with Gasteiger partial charge in [-0.3, -0.25) is 14.9 Å². The lowest BCUT2D eigenvalue weighted by Crippen LogP contribution is -2.38. The molecular formula is C20H29N5S. The SMILES string of the molecule is CC1CCN(C(CN=C(N)NCCc2ccccn2)c2cccs2)CC1. The summed E-state index contributed by atoms with van der Waals surface area (Å²) in [6.45, 7) is 6.09. The number of aromatic nitrogens is 1. The molecule has 3 heterocycles. The molecule has 3 rings (SSSR count). The van der Waals surface area contributed by atoms with Crippen LogP contribution in [0.5, 0.6) is 0 Å². The molecule has 0 saturated carbocycles. The summed E-state index contributed by atoms with van der Waals surface area (Å²) in [6.07, 6.45) is 5.19. The standard InChI is InChI=1S/C20H29N5S/c1-16-8-12-25(13-9-16)18(19-6-4-14-26-19)15-24-20(21)23-11-7-17-5-2-3-10-22-17/h2-6,10,14,16,18H,7-9,11-13,15H2,1H3,(H3,21,23,24). The molecular weight excluding hydrogens is 342 g/mol. The third kappa shape index (κ3) is 5.54. The Morgan fingerprint density at radius 3 is 2.88 bits per heavy atom. The molecule has 0 bridgehead atoms. The quantitative estimate of drug-likeness (QED) is 0.580. The van der Waals surface area contributed by atoms with E-state index in [1.807, 2.05) is 35.7 Å². The van der Waals surface area contributed by atoms with Gasteiger partial charge >= 0.3 is 0 Å². The van der Waals surface area contributed by atoms with E-state index < -0.39 is 0 Å². The van der Waals surface area contributed by atoms with Crippen LogP contribution in [0.3, 0.4) is 0 Å². The fraction of sp³-hybridized carbons (Fsp3) is 0.500. The number of guanidine groups is 1. The molecule has 26 heavy (non-hydrogen) atoms. The maximum atomic E-state index is 6.09. The molecule has 140 valence electrons. The molecule has 0 aromatic carbocycles. The van der Waals surface area contributed by atoms with Gasteiger partial charge in [0.1, 0.15) is 0 Å². The Labute approximate surface area is 160 Å². The Morgan fingerprint density at radius 1 is 1.35 bits per heavy atom. The van der Waals surface area contributed by atoms with Crippen molar-refractivity contribution in [2.24, 2.45) is 16.6 Å². The highest BCUT2D eigenvalue weighted by atomic mass is 32.1. The molecule has 2 aromatic heterocycles. The summed E-state index contributed by atoms with van der Waals surface area (Å²) < 4.78 is 0. The second kappa shape index (κ2) is 9.69. The van der Waals surface area contributed by atoms with Crippen molar-refractivity contribution in [2.45, 2.75) is 32.2 Å². The van der Waals surface area contributed by atoms with Crippen molar-refractivity contribution < 1.29 is 0 Å². The van der Waals surface area contributed by atoms with Crippen molar-refractivity contribution in [3.63, 3.8) is 0 Å². The normalized spacial score (nSPS) is 18.0. The van der Waals surface area contributed by atoms with Crippen LogP contribution >= 0.6 is 11.3 Å². The Kier molecular flexibility index (Phi) is 7.03. The number of hydrogen-bond acceptors (Lipinski definition) is 4. The van der Waals surface area contributed by atoms with Gasteiger partial charge in [0, 0.05) is 29.7 Å². The molecule has 1 saturated heterocycles. The van der Waals surface area contributed by atoms with Crippen LogP contribution in [0, 0.1) is 5.92 Å². The van der Waals surface area contributed by atoms with Gasteiger partial charge in [0.25, 0.3) is 0 Å². The summed E-state index contributed by atoms with van der Waals surface area (Å²) in [7, 11) is 0. The van der Waals surface area contributed by atoms with Crippen molar-refractivity contribution in [3.8, 4) is 0 Å². The lowest BCUT2D eigenvalue weighted by molar-refractivity contribution is 0.143. The molecule has 0 amide bonds. The first-order valence-corrected chi connectivity index (χ1v) is 10.3. The zero-order valence-electron chi connectivity index (χ0n) is 15.5. The largest absolute Gasteiger partial charge is 0.370 e. The van der Waals surface area contributed by atoms with E-state index in [2.05, 4.69) is 44.6 Å². The maximum Gasteiger partial charge on any atom is 0.188 e. The minimum absolute atomic E-state index is 0.332. The first-order valence-electron chi connectivity index (χ1n) is 9.43. The van der Waals surface area contributed by atoms with Gasteiger partial charge in [-0.25, -0.2) is 0 Å². The first kappa shape index (κ1) is 18.9. The Hall–Kier alpha value is -1.92. The minimum Gasteiger partial charge on any atom is -0.370 e. The average molecular weight is 372 g/mol. The lowest BCUT2D eigenvalue weighted by Gasteiger charge is -2.35. The second-order valence-electron chi connectivity index (χ2n) is 6.97. The molecule has 6 heteroatoms. The predicted molar refractivity (Wildman–Crippen MR) is 109 cm³/mol.